The zero-order valence-corrected chi connectivity index (χ0v) is 12.3. The van der Waals surface area contributed by atoms with Gasteiger partial charge in [0.05, 0.1) is 17.5 Å². The summed E-state index contributed by atoms with van der Waals surface area (Å²) in [5.41, 5.74) is 0.549. The van der Waals surface area contributed by atoms with Crippen molar-refractivity contribution >= 4 is 17.8 Å². The Labute approximate surface area is 128 Å². The lowest BCUT2D eigenvalue weighted by Gasteiger charge is -2.25. The maximum absolute atomic E-state index is 12.1. The molecule has 2 aliphatic rings. The number of likely N-dealkylation sites (tertiary alicyclic amines) is 1. The monoisotopic (exact) mass is 302 g/mol. The molecule has 6 nitrogen and oxygen atoms in total. The van der Waals surface area contributed by atoms with Crippen molar-refractivity contribution in [3.05, 3.63) is 35.4 Å². The second-order valence-corrected chi connectivity index (χ2v) is 5.57. The van der Waals surface area contributed by atoms with Crippen molar-refractivity contribution in [1.29, 1.82) is 0 Å². The van der Waals surface area contributed by atoms with E-state index in [0.29, 0.717) is 11.6 Å². The van der Waals surface area contributed by atoms with Gasteiger partial charge in [0.25, 0.3) is 11.8 Å². The van der Waals surface area contributed by atoms with Gasteiger partial charge in [-0.25, -0.2) is 4.79 Å². The van der Waals surface area contributed by atoms with Crippen LogP contribution in [0, 0.1) is 0 Å². The maximum atomic E-state index is 12.1. The number of benzene rings is 1. The fraction of sp³-hybridized carbons (Fsp3) is 0.438. The second-order valence-electron chi connectivity index (χ2n) is 5.57. The maximum Gasteiger partial charge on any atom is 0.334 e. The van der Waals surface area contributed by atoms with Crippen molar-refractivity contribution in [2.45, 2.75) is 25.7 Å². The van der Waals surface area contributed by atoms with Crippen LogP contribution in [0.1, 0.15) is 46.4 Å². The van der Waals surface area contributed by atoms with Crippen molar-refractivity contribution in [3.8, 4) is 0 Å². The van der Waals surface area contributed by atoms with Gasteiger partial charge >= 0.3 is 5.97 Å². The molecule has 0 radical (unpaired) electrons. The third-order valence-corrected chi connectivity index (χ3v) is 4.03. The molecule has 0 aliphatic carbocycles. The Hall–Kier alpha value is -2.21. The van der Waals surface area contributed by atoms with Crippen LogP contribution in [0.15, 0.2) is 24.3 Å². The molecule has 0 unspecified atom stereocenters. The molecule has 0 spiro atoms. The summed E-state index contributed by atoms with van der Waals surface area (Å²) in [4.78, 5) is 43.2. The number of rotatable bonds is 4. The molecule has 2 amide bonds. The number of hydrogen-bond acceptors (Lipinski definition) is 5. The lowest BCUT2D eigenvalue weighted by atomic mass is 10.1. The Bertz CT molecular complexity index is 573. The number of nitrogens with zero attached hydrogens (tertiary/aromatic N) is 2. The molecule has 1 aromatic rings. The van der Waals surface area contributed by atoms with E-state index in [2.05, 4.69) is 4.90 Å². The third kappa shape index (κ3) is 2.87. The molecule has 0 bridgehead atoms. The van der Waals surface area contributed by atoms with Gasteiger partial charge in [-0.05, 0) is 38.1 Å². The highest BCUT2D eigenvalue weighted by Crippen LogP contribution is 2.22. The van der Waals surface area contributed by atoms with Gasteiger partial charge in [0, 0.05) is 6.54 Å². The number of hydrogen-bond donors (Lipinski definition) is 0. The number of imide groups is 1. The average Bonchev–Trinajstić information content (AvgIpc) is 2.79. The molecule has 2 heterocycles. The minimum atomic E-state index is -0.577. The molecule has 1 fully saturated rings. The minimum Gasteiger partial charge on any atom is -0.330 e. The zero-order chi connectivity index (χ0) is 15.5. The summed E-state index contributed by atoms with van der Waals surface area (Å²) < 4.78 is 0. The van der Waals surface area contributed by atoms with Gasteiger partial charge in [-0.1, -0.05) is 23.6 Å². The Morgan fingerprint density at radius 2 is 1.59 bits per heavy atom. The Morgan fingerprint density at radius 1 is 1.00 bits per heavy atom. The van der Waals surface area contributed by atoms with Crippen LogP contribution in [0.5, 0.6) is 0 Å². The van der Waals surface area contributed by atoms with Gasteiger partial charge in [-0.2, -0.15) is 0 Å². The normalized spacial score (nSPS) is 18.5. The van der Waals surface area contributed by atoms with E-state index in [0.717, 1.165) is 25.9 Å². The minimum absolute atomic E-state index is 0.174. The van der Waals surface area contributed by atoms with Gasteiger partial charge in [0.15, 0.2) is 0 Å². The van der Waals surface area contributed by atoms with Crippen LogP contribution in [0.25, 0.3) is 0 Å². The van der Waals surface area contributed by atoms with E-state index >= 15 is 0 Å². The first-order valence-electron chi connectivity index (χ1n) is 7.58. The van der Waals surface area contributed by atoms with Crippen molar-refractivity contribution in [2.24, 2.45) is 0 Å². The summed E-state index contributed by atoms with van der Waals surface area (Å²) in [5, 5.41) is 0.573. The van der Waals surface area contributed by atoms with E-state index in [9.17, 15) is 14.4 Å². The van der Waals surface area contributed by atoms with Crippen LogP contribution in [0.3, 0.4) is 0 Å². The van der Waals surface area contributed by atoms with Crippen molar-refractivity contribution in [1.82, 2.24) is 9.96 Å². The predicted octanol–water partition coefficient (Wildman–Crippen LogP) is 1.62. The van der Waals surface area contributed by atoms with E-state index in [1.54, 1.807) is 24.3 Å². The van der Waals surface area contributed by atoms with Crippen molar-refractivity contribution in [3.63, 3.8) is 0 Å². The molecule has 0 atom stereocenters. The lowest BCUT2D eigenvalue weighted by Crippen LogP contribution is -2.35. The molecule has 1 saturated heterocycles. The number of amides is 2. The summed E-state index contributed by atoms with van der Waals surface area (Å²) in [6.07, 6.45) is 3.70. The Kier molecular flexibility index (Phi) is 4.20. The highest BCUT2D eigenvalue weighted by Gasteiger charge is 2.38. The first-order chi connectivity index (χ1) is 10.7. The smallest absolute Gasteiger partial charge is 0.330 e. The predicted molar refractivity (Wildman–Crippen MR) is 77.9 cm³/mol. The summed E-state index contributed by atoms with van der Waals surface area (Å²) in [6.45, 7) is 2.57. The summed E-state index contributed by atoms with van der Waals surface area (Å²) in [7, 11) is 0. The standard InChI is InChI=1S/C16H18N2O4/c19-14(8-11-17-9-4-1-5-10-17)22-18-15(20)12-6-2-3-7-13(12)16(18)21/h2-3,6-7H,1,4-5,8-11H2. The number of carbonyl (C=O) groups is 3. The van der Waals surface area contributed by atoms with Gasteiger partial charge in [0.2, 0.25) is 0 Å². The summed E-state index contributed by atoms with van der Waals surface area (Å²) in [5.74, 6) is -1.71. The number of carbonyl (C=O) groups excluding carboxylic acids is 3. The fourth-order valence-electron chi connectivity index (χ4n) is 2.83. The molecule has 22 heavy (non-hydrogen) atoms. The van der Waals surface area contributed by atoms with E-state index in [1.165, 1.54) is 6.42 Å². The quantitative estimate of drug-likeness (QED) is 0.791. The van der Waals surface area contributed by atoms with Gasteiger partial charge in [0.1, 0.15) is 0 Å². The summed E-state index contributed by atoms with van der Waals surface area (Å²) >= 11 is 0. The van der Waals surface area contributed by atoms with Crippen LogP contribution >= 0.6 is 0 Å². The zero-order valence-electron chi connectivity index (χ0n) is 12.3. The molecule has 116 valence electrons. The Balaban J connectivity index is 1.56. The van der Waals surface area contributed by atoms with E-state index in [1.807, 2.05) is 0 Å². The fourth-order valence-corrected chi connectivity index (χ4v) is 2.83. The number of piperidine rings is 1. The number of hydroxylamine groups is 2. The second kappa shape index (κ2) is 6.27. The first-order valence-corrected chi connectivity index (χ1v) is 7.58. The van der Waals surface area contributed by atoms with E-state index in [-0.39, 0.29) is 17.5 Å². The van der Waals surface area contributed by atoms with Gasteiger partial charge < -0.3 is 9.74 Å². The van der Waals surface area contributed by atoms with Crippen molar-refractivity contribution < 1.29 is 19.2 Å². The molecular formula is C16H18N2O4. The highest BCUT2D eigenvalue weighted by molar-refractivity contribution is 6.20. The molecule has 6 heteroatoms. The van der Waals surface area contributed by atoms with Crippen LogP contribution < -0.4 is 0 Å². The molecule has 0 saturated carbocycles. The number of fused-ring (bicyclic) bond motifs is 1. The molecule has 0 aromatic heterocycles. The first kappa shape index (κ1) is 14.7. The third-order valence-electron chi connectivity index (χ3n) is 4.03. The van der Waals surface area contributed by atoms with Crippen LogP contribution in [-0.2, 0) is 9.63 Å². The Morgan fingerprint density at radius 3 is 2.18 bits per heavy atom. The topological polar surface area (TPSA) is 66.9 Å². The average molecular weight is 302 g/mol. The highest BCUT2D eigenvalue weighted by atomic mass is 16.7. The van der Waals surface area contributed by atoms with Gasteiger partial charge in [-0.15, -0.1) is 0 Å². The van der Waals surface area contributed by atoms with Gasteiger partial charge in [-0.3, -0.25) is 9.59 Å². The summed E-state index contributed by atoms with van der Waals surface area (Å²) in [6, 6.07) is 6.45. The lowest BCUT2D eigenvalue weighted by molar-refractivity contribution is -0.168. The van der Waals surface area contributed by atoms with Crippen LogP contribution in [-0.4, -0.2) is 47.4 Å². The molecule has 2 aliphatic heterocycles. The van der Waals surface area contributed by atoms with Crippen molar-refractivity contribution in [2.75, 3.05) is 19.6 Å². The molecule has 3 rings (SSSR count). The molecule has 0 N–H and O–H groups in total. The SMILES string of the molecule is O=C(CCN1CCCCC1)ON1C(=O)c2ccccc2C1=O. The van der Waals surface area contributed by atoms with Crippen LogP contribution in [0.2, 0.25) is 0 Å². The van der Waals surface area contributed by atoms with Crippen LogP contribution in [0.4, 0.5) is 0 Å². The molecule has 1 aromatic carbocycles. The largest absolute Gasteiger partial charge is 0.334 e. The molecular weight excluding hydrogens is 284 g/mol. The van der Waals surface area contributed by atoms with E-state index < -0.39 is 17.8 Å². The van der Waals surface area contributed by atoms with E-state index in [4.69, 9.17) is 4.84 Å².